The third-order valence-electron chi connectivity index (χ3n) is 4.42. The van der Waals surface area contributed by atoms with Crippen LogP contribution in [0.15, 0.2) is 18.2 Å². The van der Waals surface area contributed by atoms with E-state index >= 15 is 0 Å². The molecule has 0 atom stereocenters. The highest BCUT2D eigenvalue weighted by atomic mass is 16.7. The number of unbranched alkanes of at least 4 members (excludes halogenated alkanes) is 2. The van der Waals surface area contributed by atoms with Crippen molar-refractivity contribution in [1.82, 2.24) is 0 Å². The standard InChI is InChI=1S/C21H34O7/c1-4-5-6-9-21(2,3)17-7-8-18(19(16-17)28-20(23)24)27-15-14-26-13-12-25-11-10-22/h7-8,16,22H,4-6,9-15H2,1-3H3,(H,23,24). The van der Waals surface area contributed by atoms with Crippen LogP contribution < -0.4 is 9.47 Å². The summed E-state index contributed by atoms with van der Waals surface area (Å²) in [6.45, 7) is 8.13. The minimum absolute atomic E-state index is 0.0130. The minimum atomic E-state index is -1.37. The molecule has 1 aromatic carbocycles. The van der Waals surface area contributed by atoms with E-state index in [1.165, 1.54) is 6.42 Å². The highest BCUT2D eigenvalue weighted by molar-refractivity contribution is 5.63. The first kappa shape index (κ1) is 24.2. The van der Waals surface area contributed by atoms with Gasteiger partial charge < -0.3 is 29.2 Å². The van der Waals surface area contributed by atoms with Crippen LogP contribution in [0.25, 0.3) is 0 Å². The number of aliphatic hydroxyl groups is 1. The van der Waals surface area contributed by atoms with Crippen molar-refractivity contribution >= 4 is 6.16 Å². The summed E-state index contributed by atoms with van der Waals surface area (Å²) in [5.41, 5.74) is 0.937. The second-order valence-corrected chi connectivity index (χ2v) is 7.17. The number of hydrogen-bond acceptors (Lipinski definition) is 6. The van der Waals surface area contributed by atoms with Crippen molar-refractivity contribution in [3.63, 3.8) is 0 Å². The Balaban J connectivity index is 2.64. The van der Waals surface area contributed by atoms with E-state index in [0.717, 1.165) is 24.8 Å². The molecule has 0 saturated heterocycles. The Kier molecular flexibility index (Phi) is 11.6. The predicted molar refractivity (Wildman–Crippen MR) is 106 cm³/mol. The Morgan fingerprint density at radius 3 is 2.32 bits per heavy atom. The van der Waals surface area contributed by atoms with Gasteiger partial charge in [0.2, 0.25) is 0 Å². The van der Waals surface area contributed by atoms with Gasteiger partial charge in [0, 0.05) is 0 Å². The number of benzene rings is 1. The van der Waals surface area contributed by atoms with Crippen LogP contribution in [0.5, 0.6) is 11.5 Å². The van der Waals surface area contributed by atoms with Crippen LogP contribution in [0.1, 0.15) is 52.0 Å². The van der Waals surface area contributed by atoms with E-state index in [1.54, 1.807) is 12.1 Å². The fourth-order valence-corrected chi connectivity index (χ4v) is 2.78. The van der Waals surface area contributed by atoms with Crippen molar-refractivity contribution < 1.29 is 34.0 Å². The van der Waals surface area contributed by atoms with Gasteiger partial charge in [0.15, 0.2) is 11.5 Å². The lowest BCUT2D eigenvalue weighted by Crippen LogP contribution is -2.18. The van der Waals surface area contributed by atoms with Crippen LogP contribution in [0.2, 0.25) is 0 Å². The van der Waals surface area contributed by atoms with Gasteiger partial charge in [-0.25, -0.2) is 4.79 Å². The van der Waals surface area contributed by atoms with Crippen LogP contribution in [-0.4, -0.2) is 56.0 Å². The van der Waals surface area contributed by atoms with Crippen molar-refractivity contribution in [2.24, 2.45) is 0 Å². The van der Waals surface area contributed by atoms with Crippen LogP contribution in [0.4, 0.5) is 4.79 Å². The monoisotopic (exact) mass is 398 g/mol. The van der Waals surface area contributed by atoms with Gasteiger partial charge >= 0.3 is 6.16 Å². The summed E-state index contributed by atoms with van der Waals surface area (Å²) in [7, 11) is 0. The molecule has 0 bridgehead atoms. The topological polar surface area (TPSA) is 94.5 Å². The molecule has 1 aromatic rings. The minimum Gasteiger partial charge on any atom is -0.487 e. The maximum absolute atomic E-state index is 11.1. The summed E-state index contributed by atoms with van der Waals surface area (Å²) in [4.78, 5) is 11.1. The molecule has 0 radical (unpaired) electrons. The molecule has 0 aromatic heterocycles. The van der Waals surface area contributed by atoms with Gasteiger partial charge in [-0.15, -0.1) is 0 Å². The van der Waals surface area contributed by atoms with Crippen LogP contribution in [0.3, 0.4) is 0 Å². The number of aliphatic hydroxyl groups excluding tert-OH is 1. The Morgan fingerprint density at radius 2 is 1.68 bits per heavy atom. The molecule has 0 spiro atoms. The molecule has 0 aliphatic carbocycles. The van der Waals surface area contributed by atoms with Crippen molar-refractivity contribution in [2.45, 2.75) is 51.9 Å². The maximum atomic E-state index is 11.1. The molecule has 7 heteroatoms. The lowest BCUT2D eigenvalue weighted by Gasteiger charge is -2.26. The first-order valence-corrected chi connectivity index (χ1v) is 9.85. The zero-order valence-corrected chi connectivity index (χ0v) is 17.2. The van der Waals surface area contributed by atoms with Crippen LogP contribution >= 0.6 is 0 Å². The predicted octanol–water partition coefficient (Wildman–Crippen LogP) is 4.01. The van der Waals surface area contributed by atoms with E-state index < -0.39 is 6.16 Å². The zero-order valence-electron chi connectivity index (χ0n) is 17.2. The Labute approximate surface area is 167 Å². The van der Waals surface area contributed by atoms with Gasteiger partial charge in [-0.3, -0.25) is 0 Å². The van der Waals surface area contributed by atoms with E-state index in [9.17, 15) is 4.79 Å². The summed E-state index contributed by atoms with van der Waals surface area (Å²) in [6.07, 6.45) is 3.10. The SMILES string of the molecule is CCCCCC(C)(C)c1ccc(OCCOCCOCCO)c(OC(=O)O)c1. The smallest absolute Gasteiger partial charge is 0.487 e. The van der Waals surface area contributed by atoms with Crippen LogP contribution in [0, 0.1) is 0 Å². The molecule has 0 aliphatic heterocycles. The molecule has 28 heavy (non-hydrogen) atoms. The molecule has 2 N–H and O–H groups in total. The number of hydrogen-bond donors (Lipinski definition) is 2. The van der Waals surface area contributed by atoms with E-state index in [4.69, 9.17) is 29.2 Å². The second kappa shape index (κ2) is 13.4. The Morgan fingerprint density at radius 1 is 1.00 bits per heavy atom. The third-order valence-corrected chi connectivity index (χ3v) is 4.42. The van der Waals surface area contributed by atoms with Crippen molar-refractivity contribution in [3.8, 4) is 11.5 Å². The Hall–Kier alpha value is -1.83. The number of ether oxygens (including phenoxy) is 4. The van der Waals surface area contributed by atoms with Gasteiger partial charge in [0.1, 0.15) is 6.61 Å². The molecule has 0 heterocycles. The third kappa shape index (κ3) is 9.39. The zero-order chi connectivity index (χ0) is 20.8. The number of rotatable bonds is 15. The molecule has 160 valence electrons. The maximum Gasteiger partial charge on any atom is 0.511 e. The molecule has 1 rings (SSSR count). The van der Waals surface area contributed by atoms with E-state index in [-0.39, 0.29) is 31.0 Å². The lowest BCUT2D eigenvalue weighted by atomic mass is 9.80. The summed E-state index contributed by atoms with van der Waals surface area (Å²) < 4.78 is 21.0. The van der Waals surface area contributed by atoms with Crippen molar-refractivity contribution in [1.29, 1.82) is 0 Å². The summed E-state index contributed by atoms with van der Waals surface area (Å²) >= 11 is 0. The van der Waals surface area contributed by atoms with Gasteiger partial charge in [-0.1, -0.05) is 46.1 Å². The normalized spacial score (nSPS) is 11.4. The van der Waals surface area contributed by atoms with Gasteiger partial charge in [0.05, 0.1) is 33.0 Å². The fraction of sp³-hybridized carbons (Fsp3) is 0.667. The van der Waals surface area contributed by atoms with Crippen LogP contribution in [-0.2, 0) is 14.9 Å². The van der Waals surface area contributed by atoms with E-state index in [0.29, 0.717) is 25.6 Å². The molecular weight excluding hydrogens is 364 g/mol. The average Bonchev–Trinajstić information content (AvgIpc) is 2.64. The molecule has 0 fully saturated rings. The fourth-order valence-electron chi connectivity index (χ4n) is 2.78. The first-order valence-electron chi connectivity index (χ1n) is 9.85. The van der Waals surface area contributed by atoms with Gasteiger partial charge in [-0.05, 0) is 29.5 Å². The quantitative estimate of drug-likeness (QED) is 0.262. The first-order chi connectivity index (χ1) is 13.4. The summed E-state index contributed by atoms with van der Waals surface area (Å²) in [5.74, 6) is 0.565. The number of carboxylic acid groups (broad SMARTS) is 1. The molecule has 0 saturated carbocycles. The Bertz CT molecular complexity index is 572. The lowest BCUT2D eigenvalue weighted by molar-refractivity contribution is 0.0245. The summed E-state index contributed by atoms with van der Waals surface area (Å²) in [6, 6.07) is 5.46. The highest BCUT2D eigenvalue weighted by Gasteiger charge is 2.22. The molecule has 0 unspecified atom stereocenters. The van der Waals surface area contributed by atoms with Crippen molar-refractivity contribution in [3.05, 3.63) is 23.8 Å². The van der Waals surface area contributed by atoms with E-state index in [1.807, 2.05) is 6.07 Å². The highest BCUT2D eigenvalue weighted by Crippen LogP contribution is 2.36. The van der Waals surface area contributed by atoms with Crippen molar-refractivity contribution in [2.75, 3.05) is 39.6 Å². The largest absolute Gasteiger partial charge is 0.511 e. The molecular formula is C21H34O7. The average molecular weight is 398 g/mol. The van der Waals surface area contributed by atoms with Gasteiger partial charge in [0.25, 0.3) is 0 Å². The summed E-state index contributed by atoms with van der Waals surface area (Å²) in [5, 5.41) is 17.6. The molecule has 0 aliphatic rings. The number of carbonyl (C=O) groups is 1. The van der Waals surface area contributed by atoms with Gasteiger partial charge in [-0.2, -0.15) is 0 Å². The molecule has 7 nitrogen and oxygen atoms in total. The van der Waals surface area contributed by atoms with E-state index in [2.05, 4.69) is 20.8 Å². The molecule has 0 amide bonds. The second-order valence-electron chi connectivity index (χ2n) is 7.17.